The molecular weight excluding hydrogens is 238 g/mol. The van der Waals surface area contributed by atoms with Gasteiger partial charge in [-0.2, -0.15) is 0 Å². The van der Waals surface area contributed by atoms with E-state index in [1.165, 1.54) is 12.8 Å². The fraction of sp³-hybridized carbons (Fsp3) is 0.933. The lowest BCUT2D eigenvalue weighted by Crippen LogP contribution is -2.44. The zero-order valence-electron chi connectivity index (χ0n) is 13.3. The van der Waals surface area contributed by atoms with Crippen LogP contribution in [0.4, 0.5) is 0 Å². The van der Waals surface area contributed by atoms with Crippen LogP contribution in [0.15, 0.2) is 0 Å². The van der Waals surface area contributed by atoms with E-state index in [-0.39, 0.29) is 11.3 Å². The van der Waals surface area contributed by atoms with Crippen LogP contribution in [-0.2, 0) is 4.79 Å². The van der Waals surface area contributed by atoms with Crippen molar-refractivity contribution in [3.63, 3.8) is 0 Å². The van der Waals surface area contributed by atoms with E-state index in [1.807, 2.05) is 0 Å². The minimum absolute atomic E-state index is 0.0775. The van der Waals surface area contributed by atoms with E-state index >= 15 is 0 Å². The quantitative estimate of drug-likeness (QED) is 0.823. The topological polar surface area (TPSA) is 35.6 Å². The molecule has 19 heavy (non-hydrogen) atoms. The Morgan fingerprint density at radius 2 is 1.84 bits per heavy atom. The second kappa shape index (κ2) is 7.25. The van der Waals surface area contributed by atoms with Crippen molar-refractivity contribution in [2.45, 2.75) is 46.1 Å². The molecule has 112 valence electrons. The zero-order chi connectivity index (χ0) is 14.5. The highest BCUT2D eigenvalue weighted by atomic mass is 16.1. The number of hydrogen-bond donors (Lipinski definition) is 1. The number of piperidine rings is 1. The summed E-state index contributed by atoms with van der Waals surface area (Å²) in [7, 11) is 4.32. The molecule has 0 aromatic rings. The van der Waals surface area contributed by atoms with Gasteiger partial charge < -0.3 is 15.1 Å². The molecule has 0 spiro atoms. The van der Waals surface area contributed by atoms with Gasteiger partial charge in [0.15, 0.2) is 0 Å². The van der Waals surface area contributed by atoms with Crippen LogP contribution in [0.25, 0.3) is 0 Å². The maximum absolute atomic E-state index is 11.7. The number of amides is 1. The average Bonchev–Trinajstić information content (AvgIpc) is 2.27. The van der Waals surface area contributed by atoms with Crippen LogP contribution >= 0.6 is 0 Å². The molecule has 0 aromatic heterocycles. The molecule has 4 nitrogen and oxygen atoms in total. The third kappa shape index (κ3) is 6.92. The van der Waals surface area contributed by atoms with Gasteiger partial charge in [-0.1, -0.05) is 20.8 Å². The van der Waals surface area contributed by atoms with Crippen molar-refractivity contribution in [1.82, 2.24) is 15.1 Å². The molecule has 0 aliphatic carbocycles. The molecule has 1 rings (SSSR count). The molecule has 0 saturated carbocycles. The Bertz CT molecular complexity index is 276. The van der Waals surface area contributed by atoms with E-state index < -0.39 is 0 Å². The van der Waals surface area contributed by atoms with Crippen molar-refractivity contribution in [3.05, 3.63) is 0 Å². The van der Waals surface area contributed by atoms with Crippen LogP contribution in [0, 0.1) is 5.41 Å². The Labute approximate surface area is 118 Å². The molecule has 0 radical (unpaired) electrons. The standard InChI is InChI=1S/C15H31N3O/c1-15(2,3)12-14(19)16-8-11-18-9-6-13(7-10-18)17(4)5/h13H,6-12H2,1-5H3,(H,16,19). The summed E-state index contributed by atoms with van der Waals surface area (Å²) in [6.45, 7) is 10.4. The number of nitrogens with zero attached hydrogens (tertiary/aromatic N) is 2. The minimum atomic E-state index is 0.0775. The number of hydrogen-bond acceptors (Lipinski definition) is 3. The molecule has 4 heteroatoms. The van der Waals surface area contributed by atoms with Gasteiger partial charge in [-0.3, -0.25) is 4.79 Å². The van der Waals surface area contributed by atoms with Gasteiger partial charge >= 0.3 is 0 Å². The average molecular weight is 269 g/mol. The maximum Gasteiger partial charge on any atom is 0.220 e. The lowest BCUT2D eigenvalue weighted by atomic mass is 9.92. The second-order valence-corrected chi connectivity index (χ2v) is 7.12. The summed E-state index contributed by atoms with van der Waals surface area (Å²) < 4.78 is 0. The van der Waals surface area contributed by atoms with Crippen LogP contribution in [0.3, 0.4) is 0 Å². The summed E-state index contributed by atoms with van der Waals surface area (Å²) in [6, 6.07) is 0.728. The van der Waals surface area contributed by atoms with Crippen molar-refractivity contribution < 1.29 is 4.79 Å². The SMILES string of the molecule is CN(C)C1CCN(CCNC(=O)CC(C)(C)C)CC1. The fourth-order valence-electron chi connectivity index (χ4n) is 2.56. The van der Waals surface area contributed by atoms with E-state index in [0.29, 0.717) is 6.42 Å². The Morgan fingerprint density at radius 3 is 2.32 bits per heavy atom. The van der Waals surface area contributed by atoms with Gasteiger partial charge in [-0.25, -0.2) is 0 Å². The van der Waals surface area contributed by atoms with E-state index in [9.17, 15) is 4.79 Å². The Morgan fingerprint density at radius 1 is 1.26 bits per heavy atom. The predicted molar refractivity (Wildman–Crippen MR) is 80.2 cm³/mol. The summed E-state index contributed by atoms with van der Waals surface area (Å²) in [5.41, 5.74) is 0.0775. The molecule has 1 fully saturated rings. The Balaban J connectivity index is 2.13. The van der Waals surface area contributed by atoms with Gasteiger partial charge in [0.1, 0.15) is 0 Å². The second-order valence-electron chi connectivity index (χ2n) is 7.12. The molecule has 1 aliphatic rings. The van der Waals surface area contributed by atoms with Crippen LogP contribution in [0.1, 0.15) is 40.0 Å². The number of nitrogens with one attached hydrogen (secondary N) is 1. The molecule has 1 amide bonds. The van der Waals surface area contributed by atoms with Gasteiger partial charge in [-0.05, 0) is 45.4 Å². The molecule has 0 atom stereocenters. The molecule has 1 aliphatic heterocycles. The molecule has 0 bridgehead atoms. The Hall–Kier alpha value is -0.610. The van der Waals surface area contributed by atoms with Crippen molar-refractivity contribution >= 4 is 5.91 Å². The predicted octanol–water partition coefficient (Wildman–Crippen LogP) is 1.56. The summed E-state index contributed by atoms with van der Waals surface area (Å²) in [5, 5.41) is 3.03. The summed E-state index contributed by atoms with van der Waals surface area (Å²) in [4.78, 5) is 16.5. The van der Waals surface area contributed by atoms with Crippen molar-refractivity contribution in [2.75, 3.05) is 40.3 Å². The lowest BCUT2D eigenvalue weighted by Gasteiger charge is -2.35. The summed E-state index contributed by atoms with van der Waals surface area (Å²) in [6.07, 6.45) is 3.08. The largest absolute Gasteiger partial charge is 0.355 e. The molecule has 1 N–H and O–H groups in total. The lowest BCUT2D eigenvalue weighted by molar-refractivity contribution is -0.122. The summed E-state index contributed by atoms with van der Waals surface area (Å²) in [5.74, 6) is 0.177. The molecule has 1 heterocycles. The third-order valence-electron chi connectivity index (χ3n) is 3.73. The van der Waals surface area contributed by atoms with E-state index in [0.717, 1.165) is 32.2 Å². The van der Waals surface area contributed by atoms with Crippen molar-refractivity contribution in [3.8, 4) is 0 Å². The van der Waals surface area contributed by atoms with E-state index in [2.05, 4.69) is 50.0 Å². The number of carbonyl (C=O) groups excluding carboxylic acids is 1. The first-order chi connectivity index (χ1) is 8.78. The van der Waals surface area contributed by atoms with Gasteiger partial charge in [0.2, 0.25) is 5.91 Å². The third-order valence-corrected chi connectivity index (χ3v) is 3.73. The van der Waals surface area contributed by atoms with Crippen LogP contribution in [0.5, 0.6) is 0 Å². The van der Waals surface area contributed by atoms with Crippen LogP contribution < -0.4 is 5.32 Å². The van der Waals surface area contributed by atoms with Crippen LogP contribution in [0.2, 0.25) is 0 Å². The first kappa shape index (κ1) is 16.4. The number of rotatable bonds is 5. The van der Waals surface area contributed by atoms with Crippen LogP contribution in [-0.4, -0.2) is 62.0 Å². The highest BCUT2D eigenvalue weighted by Gasteiger charge is 2.20. The smallest absolute Gasteiger partial charge is 0.220 e. The Kier molecular flexibility index (Phi) is 6.27. The van der Waals surface area contributed by atoms with Crippen molar-refractivity contribution in [2.24, 2.45) is 5.41 Å². The molecule has 1 saturated heterocycles. The summed E-state index contributed by atoms with van der Waals surface area (Å²) >= 11 is 0. The van der Waals surface area contributed by atoms with Gasteiger partial charge in [0.25, 0.3) is 0 Å². The molecule has 0 aromatic carbocycles. The monoisotopic (exact) mass is 269 g/mol. The van der Waals surface area contributed by atoms with Gasteiger partial charge in [-0.15, -0.1) is 0 Å². The fourth-order valence-corrected chi connectivity index (χ4v) is 2.56. The number of carbonyl (C=O) groups is 1. The first-order valence-electron chi connectivity index (χ1n) is 7.43. The van der Waals surface area contributed by atoms with E-state index in [4.69, 9.17) is 0 Å². The maximum atomic E-state index is 11.7. The zero-order valence-corrected chi connectivity index (χ0v) is 13.3. The van der Waals surface area contributed by atoms with Gasteiger partial charge in [0.05, 0.1) is 0 Å². The normalized spacial score (nSPS) is 18.8. The van der Waals surface area contributed by atoms with Gasteiger partial charge in [0, 0.05) is 25.6 Å². The minimum Gasteiger partial charge on any atom is -0.355 e. The number of likely N-dealkylation sites (tertiary alicyclic amines) is 1. The molecular formula is C15H31N3O. The van der Waals surface area contributed by atoms with E-state index in [1.54, 1.807) is 0 Å². The van der Waals surface area contributed by atoms with Crippen molar-refractivity contribution in [1.29, 1.82) is 0 Å². The first-order valence-corrected chi connectivity index (χ1v) is 7.43. The molecule has 0 unspecified atom stereocenters. The highest BCUT2D eigenvalue weighted by molar-refractivity contribution is 5.76. The highest BCUT2D eigenvalue weighted by Crippen LogP contribution is 2.17.